The van der Waals surface area contributed by atoms with Crippen molar-refractivity contribution in [3.8, 4) is 5.69 Å². The first kappa shape index (κ1) is 14.0. The van der Waals surface area contributed by atoms with Crippen molar-refractivity contribution in [2.75, 3.05) is 5.32 Å². The fraction of sp³-hybridized carbons (Fsp3) is 0.105. The molecule has 0 radical (unpaired) electrons. The third-order valence-corrected chi connectivity index (χ3v) is 4.75. The van der Waals surface area contributed by atoms with E-state index in [4.69, 9.17) is 0 Å². The number of amides is 1. The molecular weight excluding hydrogens is 314 g/mol. The summed E-state index contributed by atoms with van der Waals surface area (Å²) in [5, 5.41) is 11.0. The molecule has 4 heterocycles. The summed E-state index contributed by atoms with van der Waals surface area (Å²) in [4.78, 5) is 16.6. The Kier molecular flexibility index (Phi) is 2.97. The van der Waals surface area contributed by atoms with Crippen LogP contribution in [0, 0.1) is 0 Å². The van der Waals surface area contributed by atoms with Crippen LogP contribution in [0.15, 0.2) is 61.2 Å². The quantitative estimate of drug-likeness (QED) is 0.593. The second-order valence-corrected chi connectivity index (χ2v) is 6.18. The van der Waals surface area contributed by atoms with Crippen LogP contribution in [0.25, 0.3) is 16.6 Å². The molecule has 1 aliphatic rings. The molecule has 25 heavy (non-hydrogen) atoms. The van der Waals surface area contributed by atoms with Crippen LogP contribution in [0.3, 0.4) is 0 Å². The molecule has 1 aliphatic heterocycles. The maximum Gasteiger partial charge on any atom is 0.225 e. The van der Waals surface area contributed by atoms with Gasteiger partial charge in [-0.05, 0) is 35.9 Å². The zero-order chi connectivity index (χ0) is 16.8. The van der Waals surface area contributed by atoms with Crippen LogP contribution in [0.4, 0.5) is 5.69 Å². The fourth-order valence-corrected chi connectivity index (χ4v) is 3.62. The number of aromatic amines is 1. The lowest BCUT2D eigenvalue weighted by Crippen LogP contribution is -2.24. The molecule has 1 unspecified atom stereocenters. The van der Waals surface area contributed by atoms with Gasteiger partial charge in [-0.2, -0.15) is 5.10 Å². The molecule has 0 spiro atoms. The number of anilines is 1. The predicted molar refractivity (Wildman–Crippen MR) is 94.7 cm³/mol. The summed E-state index contributed by atoms with van der Waals surface area (Å²) in [6, 6.07) is 12.1. The number of carbonyl (C=O) groups is 1. The Balaban J connectivity index is 1.70. The SMILES string of the molecule is O=C1CC(c2cccn2-c2cccnc2)c2ccc3[nH]ncc3c2N1. The van der Waals surface area contributed by atoms with Gasteiger partial charge in [-0.25, -0.2) is 0 Å². The van der Waals surface area contributed by atoms with Gasteiger partial charge in [-0.15, -0.1) is 0 Å². The molecule has 5 rings (SSSR count). The molecule has 0 aliphatic carbocycles. The number of nitrogens with zero attached hydrogens (tertiary/aromatic N) is 3. The molecule has 0 saturated heterocycles. The number of aromatic nitrogens is 4. The summed E-state index contributed by atoms with van der Waals surface area (Å²) in [6.07, 6.45) is 7.77. The van der Waals surface area contributed by atoms with Crippen LogP contribution >= 0.6 is 0 Å². The largest absolute Gasteiger partial charge is 0.325 e. The van der Waals surface area contributed by atoms with Crippen molar-refractivity contribution in [2.45, 2.75) is 12.3 Å². The molecule has 6 nitrogen and oxygen atoms in total. The van der Waals surface area contributed by atoms with Crippen molar-refractivity contribution in [1.82, 2.24) is 19.7 Å². The number of rotatable bonds is 2. The van der Waals surface area contributed by atoms with E-state index in [-0.39, 0.29) is 11.8 Å². The molecule has 0 fully saturated rings. The smallest absolute Gasteiger partial charge is 0.225 e. The van der Waals surface area contributed by atoms with Crippen molar-refractivity contribution in [2.24, 2.45) is 0 Å². The summed E-state index contributed by atoms with van der Waals surface area (Å²) in [5.41, 5.74) is 4.94. The summed E-state index contributed by atoms with van der Waals surface area (Å²) >= 11 is 0. The van der Waals surface area contributed by atoms with Gasteiger partial charge in [0.15, 0.2) is 0 Å². The average molecular weight is 329 g/mol. The lowest BCUT2D eigenvalue weighted by molar-refractivity contribution is -0.116. The molecule has 1 aromatic carbocycles. The van der Waals surface area contributed by atoms with Crippen molar-refractivity contribution in [3.05, 3.63) is 72.4 Å². The van der Waals surface area contributed by atoms with E-state index in [0.717, 1.165) is 33.5 Å². The Labute approximate surface area is 143 Å². The zero-order valence-corrected chi connectivity index (χ0v) is 13.3. The Morgan fingerprint density at radius 2 is 2.08 bits per heavy atom. The minimum absolute atomic E-state index is 0.0155. The second-order valence-electron chi connectivity index (χ2n) is 6.18. The molecule has 1 amide bonds. The summed E-state index contributed by atoms with van der Waals surface area (Å²) < 4.78 is 2.10. The molecule has 1 atom stereocenters. The van der Waals surface area contributed by atoms with Gasteiger partial charge in [0.25, 0.3) is 0 Å². The number of hydrogen-bond donors (Lipinski definition) is 2. The number of pyridine rings is 1. The van der Waals surface area contributed by atoms with Gasteiger partial charge in [0.1, 0.15) is 0 Å². The number of hydrogen-bond acceptors (Lipinski definition) is 3. The van der Waals surface area contributed by atoms with E-state index in [9.17, 15) is 4.79 Å². The van der Waals surface area contributed by atoms with Gasteiger partial charge in [0.2, 0.25) is 5.91 Å². The highest BCUT2D eigenvalue weighted by molar-refractivity contribution is 6.05. The van der Waals surface area contributed by atoms with Crippen molar-refractivity contribution in [3.63, 3.8) is 0 Å². The highest BCUT2D eigenvalue weighted by atomic mass is 16.1. The monoisotopic (exact) mass is 329 g/mol. The predicted octanol–water partition coefficient (Wildman–Crippen LogP) is 3.22. The van der Waals surface area contributed by atoms with Gasteiger partial charge >= 0.3 is 0 Å². The first-order valence-electron chi connectivity index (χ1n) is 8.15. The highest BCUT2D eigenvalue weighted by Crippen LogP contribution is 2.41. The van der Waals surface area contributed by atoms with E-state index in [2.05, 4.69) is 37.2 Å². The van der Waals surface area contributed by atoms with Gasteiger partial charge in [-0.3, -0.25) is 14.9 Å². The van der Waals surface area contributed by atoms with Crippen LogP contribution in [-0.2, 0) is 4.79 Å². The van der Waals surface area contributed by atoms with Crippen LogP contribution in [0.2, 0.25) is 0 Å². The molecule has 122 valence electrons. The molecule has 3 aromatic heterocycles. The zero-order valence-electron chi connectivity index (χ0n) is 13.3. The summed E-state index contributed by atoms with van der Waals surface area (Å²) in [7, 11) is 0. The maximum atomic E-state index is 12.4. The Morgan fingerprint density at radius 3 is 2.96 bits per heavy atom. The lowest BCUT2D eigenvalue weighted by Gasteiger charge is -2.27. The number of carbonyl (C=O) groups excluding carboxylic acids is 1. The second kappa shape index (κ2) is 5.31. The standard InChI is InChI=1S/C19H15N5O/c25-18-9-14(13-5-6-16-15(11-21-23-16)19(13)22-18)17-4-2-8-24(17)12-3-1-7-20-10-12/h1-8,10-11,14H,9H2,(H,21,23)(H,22,25). The van der Waals surface area contributed by atoms with E-state index in [1.54, 1.807) is 12.4 Å². The lowest BCUT2D eigenvalue weighted by atomic mass is 9.86. The molecule has 2 N–H and O–H groups in total. The molecule has 0 saturated carbocycles. The first-order chi connectivity index (χ1) is 12.3. The fourth-order valence-electron chi connectivity index (χ4n) is 3.62. The molecular formula is C19H15N5O. The number of nitrogens with one attached hydrogen (secondary N) is 2. The van der Waals surface area contributed by atoms with Crippen molar-refractivity contribution >= 4 is 22.5 Å². The van der Waals surface area contributed by atoms with E-state index < -0.39 is 0 Å². The average Bonchev–Trinajstić information content (AvgIpc) is 3.31. The van der Waals surface area contributed by atoms with Crippen molar-refractivity contribution < 1.29 is 4.79 Å². The van der Waals surface area contributed by atoms with Crippen LogP contribution in [-0.4, -0.2) is 25.7 Å². The van der Waals surface area contributed by atoms with Gasteiger partial charge in [0, 0.05) is 35.8 Å². The van der Waals surface area contributed by atoms with Gasteiger partial charge < -0.3 is 9.88 Å². The molecule has 6 heteroatoms. The van der Waals surface area contributed by atoms with Crippen molar-refractivity contribution in [1.29, 1.82) is 0 Å². The number of H-pyrrole nitrogens is 1. The number of benzene rings is 1. The summed E-state index contributed by atoms with van der Waals surface area (Å²) in [5.74, 6) is 0.00314. The Hall–Kier alpha value is -3.41. The molecule has 0 bridgehead atoms. The third-order valence-electron chi connectivity index (χ3n) is 4.75. The van der Waals surface area contributed by atoms with E-state index in [1.165, 1.54) is 0 Å². The number of fused-ring (bicyclic) bond motifs is 3. The third kappa shape index (κ3) is 2.15. The van der Waals surface area contributed by atoms with E-state index in [1.807, 2.05) is 36.7 Å². The highest BCUT2D eigenvalue weighted by Gasteiger charge is 2.30. The summed E-state index contributed by atoms with van der Waals surface area (Å²) in [6.45, 7) is 0. The Bertz CT molecular complexity index is 1080. The van der Waals surface area contributed by atoms with Crippen LogP contribution in [0.1, 0.15) is 23.6 Å². The minimum atomic E-state index is -0.0155. The van der Waals surface area contributed by atoms with Crippen LogP contribution < -0.4 is 5.32 Å². The van der Waals surface area contributed by atoms with Gasteiger partial charge in [0.05, 0.1) is 29.3 Å². The molecule has 4 aromatic rings. The normalized spacial score (nSPS) is 16.6. The Morgan fingerprint density at radius 1 is 1.12 bits per heavy atom. The maximum absolute atomic E-state index is 12.4. The van der Waals surface area contributed by atoms with E-state index in [0.29, 0.717) is 6.42 Å². The first-order valence-corrected chi connectivity index (χ1v) is 8.15. The minimum Gasteiger partial charge on any atom is -0.325 e. The van der Waals surface area contributed by atoms with Crippen LogP contribution in [0.5, 0.6) is 0 Å². The topological polar surface area (TPSA) is 75.6 Å². The van der Waals surface area contributed by atoms with E-state index >= 15 is 0 Å². The van der Waals surface area contributed by atoms with Gasteiger partial charge in [-0.1, -0.05) is 6.07 Å².